The molecule has 0 aromatic carbocycles. The second-order valence-corrected chi connectivity index (χ2v) is 7.73. The maximum absolute atomic E-state index is 11.9. The highest BCUT2D eigenvalue weighted by molar-refractivity contribution is 7.91. The summed E-state index contributed by atoms with van der Waals surface area (Å²) >= 11 is 0. The van der Waals surface area contributed by atoms with Crippen molar-refractivity contribution >= 4 is 21.8 Å². The van der Waals surface area contributed by atoms with Crippen LogP contribution in [0, 0.1) is 5.41 Å². The molecule has 8 heteroatoms. The molecule has 1 heterocycles. The third-order valence-corrected chi connectivity index (χ3v) is 4.99. The minimum atomic E-state index is -3.07. The summed E-state index contributed by atoms with van der Waals surface area (Å²) in [6.45, 7) is 4.83. The lowest BCUT2D eigenvalue weighted by Crippen LogP contribution is -2.54. The Kier molecular flexibility index (Phi) is 4.44. The van der Waals surface area contributed by atoms with E-state index in [0.29, 0.717) is 0 Å². The second kappa shape index (κ2) is 5.36. The molecule has 1 rings (SSSR count). The maximum atomic E-state index is 11.9. The molecule has 1 saturated heterocycles. The van der Waals surface area contributed by atoms with Crippen molar-refractivity contribution in [2.45, 2.75) is 26.8 Å². The van der Waals surface area contributed by atoms with Crippen LogP contribution in [-0.4, -0.2) is 61.1 Å². The van der Waals surface area contributed by atoms with Crippen molar-refractivity contribution in [3.05, 3.63) is 0 Å². The fourth-order valence-electron chi connectivity index (χ4n) is 1.77. The zero-order chi connectivity index (χ0) is 14.8. The van der Waals surface area contributed by atoms with E-state index in [1.807, 2.05) is 0 Å². The molecule has 7 nitrogen and oxygen atoms in total. The van der Waals surface area contributed by atoms with Crippen LogP contribution in [0.25, 0.3) is 0 Å². The highest BCUT2D eigenvalue weighted by Crippen LogP contribution is 2.15. The van der Waals surface area contributed by atoms with Crippen LogP contribution in [0.5, 0.6) is 0 Å². The van der Waals surface area contributed by atoms with E-state index in [9.17, 15) is 18.0 Å². The second-order valence-electron chi connectivity index (χ2n) is 5.50. The number of nitrogens with one attached hydrogen (secondary N) is 1. The molecule has 0 bridgehead atoms. The van der Waals surface area contributed by atoms with Crippen molar-refractivity contribution in [3.8, 4) is 0 Å². The normalized spacial score (nSPS) is 22.9. The molecule has 0 spiro atoms. The lowest BCUT2D eigenvalue weighted by atomic mass is 9.94. The van der Waals surface area contributed by atoms with E-state index in [4.69, 9.17) is 5.11 Å². The third kappa shape index (κ3) is 4.09. The van der Waals surface area contributed by atoms with Gasteiger partial charge >= 0.3 is 12.0 Å². The van der Waals surface area contributed by atoms with E-state index in [-0.39, 0.29) is 24.6 Å². The number of rotatable bonds is 3. The number of hydrogen-bond donors (Lipinski definition) is 2. The Morgan fingerprint density at radius 2 is 2.00 bits per heavy atom. The van der Waals surface area contributed by atoms with Gasteiger partial charge in [0, 0.05) is 19.1 Å². The molecule has 2 amide bonds. The summed E-state index contributed by atoms with van der Waals surface area (Å²) < 4.78 is 22.8. The van der Waals surface area contributed by atoms with Crippen LogP contribution in [0.2, 0.25) is 0 Å². The summed E-state index contributed by atoms with van der Waals surface area (Å²) in [6.07, 6.45) is 0. The van der Waals surface area contributed by atoms with Crippen LogP contribution in [0.3, 0.4) is 0 Å². The molecule has 0 aromatic heterocycles. The Labute approximate surface area is 112 Å². The number of carbonyl (C=O) groups excluding carboxylic acids is 1. The Balaban J connectivity index is 2.58. The van der Waals surface area contributed by atoms with Crippen LogP contribution < -0.4 is 5.32 Å². The Hall–Kier alpha value is -1.31. The number of carboxylic acid groups (broad SMARTS) is 1. The monoisotopic (exact) mass is 292 g/mol. The zero-order valence-electron chi connectivity index (χ0n) is 11.3. The lowest BCUT2D eigenvalue weighted by Gasteiger charge is -2.34. The fourth-order valence-corrected chi connectivity index (χ4v) is 3.33. The van der Waals surface area contributed by atoms with Crippen LogP contribution in [0.4, 0.5) is 4.79 Å². The zero-order valence-corrected chi connectivity index (χ0v) is 12.2. The van der Waals surface area contributed by atoms with Gasteiger partial charge in [0.1, 0.15) is 0 Å². The molecule has 0 aromatic rings. The summed E-state index contributed by atoms with van der Waals surface area (Å²) in [4.78, 5) is 24.3. The largest absolute Gasteiger partial charge is 0.481 e. The van der Waals surface area contributed by atoms with Gasteiger partial charge < -0.3 is 15.3 Å². The van der Waals surface area contributed by atoms with Crippen LogP contribution in [0.1, 0.15) is 20.8 Å². The van der Waals surface area contributed by atoms with Gasteiger partial charge in [-0.3, -0.25) is 4.79 Å². The predicted octanol–water partition coefficient (Wildman–Crippen LogP) is -0.0743. The van der Waals surface area contributed by atoms with Gasteiger partial charge in [-0.25, -0.2) is 13.2 Å². The van der Waals surface area contributed by atoms with E-state index in [1.165, 1.54) is 18.7 Å². The topological polar surface area (TPSA) is 104 Å². The van der Waals surface area contributed by atoms with E-state index >= 15 is 0 Å². The Morgan fingerprint density at radius 1 is 1.42 bits per heavy atom. The van der Waals surface area contributed by atoms with Gasteiger partial charge in [-0.15, -0.1) is 0 Å². The number of carbonyl (C=O) groups is 2. The molecule has 19 heavy (non-hydrogen) atoms. The molecule has 0 saturated carbocycles. The first kappa shape index (κ1) is 15.7. The number of aliphatic carboxylic acids is 1. The van der Waals surface area contributed by atoms with Crippen molar-refractivity contribution in [1.29, 1.82) is 0 Å². The smallest absolute Gasteiger partial charge is 0.317 e. The Morgan fingerprint density at radius 3 is 2.47 bits per heavy atom. The van der Waals surface area contributed by atoms with Crippen molar-refractivity contribution in [2.75, 3.05) is 24.6 Å². The van der Waals surface area contributed by atoms with Crippen molar-refractivity contribution in [2.24, 2.45) is 5.41 Å². The number of nitrogens with zero attached hydrogens (tertiary/aromatic N) is 1. The van der Waals surface area contributed by atoms with Crippen molar-refractivity contribution < 1.29 is 23.1 Å². The number of amides is 2. The number of carboxylic acids is 1. The van der Waals surface area contributed by atoms with Gasteiger partial charge in [0.05, 0.1) is 16.9 Å². The maximum Gasteiger partial charge on any atom is 0.317 e. The van der Waals surface area contributed by atoms with Crippen LogP contribution in [-0.2, 0) is 14.6 Å². The van der Waals surface area contributed by atoms with Gasteiger partial charge in [0.25, 0.3) is 0 Å². The van der Waals surface area contributed by atoms with Gasteiger partial charge in [0.15, 0.2) is 9.84 Å². The van der Waals surface area contributed by atoms with E-state index in [2.05, 4.69) is 5.32 Å². The third-order valence-electron chi connectivity index (χ3n) is 3.19. The molecule has 1 atom stereocenters. The summed E-state index contributed by atoms with van der Waals surface area (Å²) in [7, 11) is -3.07. The molecule has 0 aliphatic carbocycles. The molecule has 110 valence electrons. The Bertz CT molecular complexity index is 471. The quantitative estimate of drug-likeness (QED) is 0.757. The molecular formula is C11H20N2O5S. The number of sulfone groups is 1. The van der Waals surface area contributed by atoms with Crippen LogP contribution >= 0.6 is 0 Å². The van der Waals surface area contributed by atoms with Crippen molar-refractivity contribution in [1.82, 2.24) is 10.2 Å². The van der Waals surface area contributed by atoms with Gasteiger partial charge in [-0.05, 0) is 20.8 Å². The van der Waals surface area contributed by atoms with Gasteiger partial charge in [-0.2, -0.15) is 0 Å². The molecule has 1 unspecified atom stereocenters. The first-order valence-electron chi connectivity index (χ1n) is 6.03. The number of hydrogen-bond acceptors (Lipinski definition) is 4. The highest BCUT2D eigenvalue weighted by Gasteiger charge is 2.33. The molecule has 1 aliphatic rings. The average molecular weight is 292 g/mol. The van der Waals surface area contributed by atoms with Crippen LogP contribution in [0.15, 0.2) is 0 Å². The minimum absolute atomic E-state index is 0.00284. The highest BCUT2D eigenvalue weighted by atomic mass is 32.2. The summed E-state index contributed by atoms with van der Waals surface area (Å²) in [5, 5.41) is 11.5. The molecule has 1 aliphatic heterocycles. The average Bonchev–Trinajstić information content (AvgIpc) is 2.24. The van der Waals surface area contributed by atoms with E-state index in [0.717, 1.165) is 0 Å². The minimum Gasteiger partial charge on any atom is -0.481 e. The summed E-state index contributed by atoms with van der Waals surface area (Å²) in [6, 6.07) is -0.816. The SMILES string of the molecule is CC1CS(=O)(=O)CCN1C(=O)NCC(C)(C)C(=O)O. The summed E-state index contributed by atoms with van der Waals surface area (Å²) in [5.74, 6) is -1.10. The molecule has 0 radical (unpaired) electrons. The molecule has 2 N–H and O–H groups in total. The standard InChI is InChI=1S/C11H20N2O5S/c1-8-6-19(17,18)5-4-13(8)10(16)12-7-11(2,3)9(14)15/h8H,4-7H2,1-3H3,(H,12,16)(H,14,15). The fraction of sp³-hybridized carbons (Fsp3) is 0.818. The van der Waals surface area contributed by atoms with Crippen molar-refractivity contribution in [3.63, 3.8) is 0 Å². The van der Waals surface area contributed by atoms with E-state index < -0.39 is 33.3 Å². The van der Waals surface area contributed by atoms with Gasteiger partial charge in [0.2, 0.25) is 0 Å². The summed E-state index contributed by atoms with van der Waals surface area (Å²) in [5.41, 5.74) is -1.05. The first-order chi connectivity index (χ1) is 8.55. The first-order valence-corrected chi connectivity index (χ1v) is 7.85. The lowest BCUT2D eigenvalue weighted by molar-refractivity contribution is -0.146. The molecule has 1 fully saturated rings. The number of urea groups is 1. The van der Waals surface area contributed by atoms with Gasteiger partial charge in [-0.1, -0.05) is 0 Å². The predicted molar refractivity (Wildman–Crippen MR) is 69.6 cm³/mol. The van der Waals surface area contributed by atoms with E-state index in [1.54, 1.807) is 6.92 Å². The molecular weight excluding hydrogens is 272 g/mol.